The Bertz CT molecular complexity index is 3100. The highest BCUT2D eigenvalue weighted by atomic mass is 15.2. The number of nitrogens with zero attached hydrogens (tertiary/aromatic N) is 6. The highest BCUT2D eigenvalue weighted by molar-refractivity contribution is 6.31. The van der Waals surface area contributed by atoms with Crippen molar-refractivity contribution < 1.29 is 0 Å². The summed E-state index contributed by atoms with van der Waals surface area (Å²) < 4.78 is 6.95. The van der Waals surface area contributed by atoms with E-state index in [1.807, 2.05) is 12.1 Å². The van der Waals surface area contributed by atoms with E-state index in [2.05, 4.69) is 159 Å². The molecule has 0 unspecified atom stereocenters. The van der Waals surface area contributed by atoms with Gasteiger partial charge in [-0.3, -0.25) is 8.97 Å². The molecule has 0 saturated heterocycles. The third-order valence-corrected chi connectivity index (χ3v) is 9.81. The van der Waals surface area contributed by atoms with Crippen LogP contribution in [0.2, 0.25) is 0 Å². The fourth-order valence-electron chi connectivity index (χ4n) is 7.82. The standard InChI is InChI=1S/C43H26N6/c1-3-15-27(16-4-1)39-29-19-7-10-22-32(29)45-43(46-39)49-35-25-13-9-21-31(35)38-37-30-20-8-12-24-34(30)47(28-17-5-2-6-18-28)40(37)41-44-33-23-11-14-26-36(33)48(41)42(38)49/h1-26H. The van der Waals surface area contributed by atoms with Crippen molar-refractivity contribution >= 4 is 71.3 Å². The molecule has 6 aromatic carbocycles. The van der Waals surface area contributed by atoms with Crippen molar-refractivity contribution in [1.82, 2.24) is 28.5 Å². The Morgan fingerprint density at radius 1 is 0.408 bits per heavy atom. The molecule has 6 nitrogen and oxygen atoms in total. The zero-order valence-electron chi connectivity index (χ0n) is 26.2. The van der Waals surface area contributed by atoms with Gasteiger partial charge in [0.25, 0.3) is 0 Å². The summed E-state index contributed by atoms with van der Waals surface area (Å²) in [5.41, 5.74) is 11.0. The molecule has 5 heterocycles. The van der Waals surface area contributed by atoms with Gasteiger partial charge in [-0.15, -0.1) is 0 Å². The van der Waals surface area contributed by atoms with Crippen LogP contribution < -0.4 is 0 Å². The van der Waals surface area contributed by atoms with Gasteiger partial charge in [0.15, 0.2) is 5.65 Å². The largest absolute Gasteiger partial charge is 0.306 e. The molecule has 0 atom stereocenters. The maximum atomic E-state index is 5.39. The first-order valence-corrected chi connectivity index (χ1v) is 16.5. The third kappa shape index (κ3) is 3.57. The zero-order valence-corrected chi connectivity index (χ0v) is 26.2. The average molecular weight is 627 g/mol. The van der Waals surface area contributed by atoms with Crippen LogP contribution in [0.1, 0.15) is 0 Å². The van der Waals surface area contributed by atoms with Gasteiger partial charge < -0.3 is 4.57 Å². The number of hydrogen-bond donors (Lipinski definition) is 0. The Labute approximate surface area is 279 Å². The fraction of sp³-hybridized carbons (Fsp3) is 0. The first-order chi connectivity index (χ1) is 24.3. The Hall–Kier alpha value is -6.79. The van der Waals surface area contributed by atoms with Gasteiger partial charge in [-0.05, 0) is 42.5 Å². The number of benzene rings is 6. The smallest absolute Gasteiger partial charge is 0.236 e. The quantitative estimate of drug-likeness (QED) is 0.196. The number of rotatable bonds is 3. The lowest BCUT2D eigenvalue weighted by molar-refractivity contribution is 0.990. The predicted octanol–water partition coefficient (Wildman–Crippen LogP) is 10.3. The Morgan fingerprint density at radius 3 is 1.73 bits per heavy atom. The molecule has 0 aliphatic rings. The highest BCUT2D eigenvalue weighted by Gasteiger charge is 2.27. The van der Waals surface area contributed by atoms with E-state index in [0.29, 0.717) is 5.95 Å². The molecule has 0 spiro atoms. The molecule has 11 rings (SSSR count). The SMILES string of the molecule is c1ccc(-c2nc(-n3c4ccccc4c4c5c6ccccc6n(-c6ccccc6)c5c5nc6ccccc6n5c43)nc3ccccc23)cc1. The van der Waals surface area contributed by atoms with Gasteiger partial charge in [-0.1, -0.05) is 115 Å². The van der Waals surface area contributed by atoms with E-state index >= 15 is 0 Å². The monoisotopic (exact) mass is 626 g/mol. The minimum absolute atomic E-state index is 0.619. The molecule has 5 aromatic heterocycles. The van der Waals surface area contributed by atoms with Crippen LogP contribution >= 0.6 is 0 Å². The number of hydrogen-bond acceptors (Lipinski definition) is 3. The van der Waals surface area contributed by atoms with Crippen molar-refractivity contribution in [2.24, 2.45) is 0 Å². The maximum Gasteiger partial charge on any atom is 0.236 e. The van der Waals surface area contributed by atoms with E-state index in [0.717, 1.165) is 82.9 Å². The Morgan fingerprint density at radius 2 is 0.980 bits per heavy atom. The summed E-state index contributed by atoms with van der Waals surface area (Å²) in [6.45, 7) is 0. The molecule has 11 aromatic rings. The third-order valence-electron chi connectivity index (χ3n) is 9.81. The van der Waals surface area contributed by atoms with E-state index in [-0.39, 0.29) is 0 Å². The van der Waals surface area contributed by atoms with E-state index in [1.54, 1.807) is 0 Å². The first-order valence-electron chi connectivity index (χ1n) is 16.5. The summed E-state index contributed by atoms with van der Waals surface area (Å²) in [5, 5.41) is 5.63. The molecule has 49 heavy (non-hydrogen) atoms. The molecule has 0 fully saturated rings. The topological polar surface area (TPSA) is 52.9 Å². The summed E-state index contributed by atoms with van der Waals surface area (Å²) in [7, 11) is 0. The molecule has 0 radical (unpaired) electrons. The van der Waals surface area contributed by atoms with E-state index in [1.165, 1.54) is 5.39 Å². The van der Waals surface area contributed by atoms with Gasteiger partial charge in [-0.2, -0.15) is 0 Å². The molecule has 228 valence electrons. The van der Waals surface area contributed by atoms with Crippen LogP contribution in [0.5, 0.6) is 0 Å². The number of fused-ring (bicyclic) bond motifs is 13. The summed E-state index contributed by atoms with van der Waals surface area (Å²) in [6.07, 6.45) is 0. The summed E-state index contributed by atoms with van der Waals surface area (Å²) in [4.78, 5) is 16.1. The van der Waals surface area contributed by atoms with Crippen LogP contribution in [-0.4, -0.2) is 28.5 Å². The minimum atomic E-state index is 0.619. The van der Waals surface area contributed by atoms with Crippen LogP contribution in [-0.2, 0) is 0 Å². The molecular weight excluding hydrogens is 601 g/mol. The summed E-state index contributed by atoms with van der Waals surface area (Å²) in [5.74, 6) is 0.619. The molecule has 0 aliphatic carbocycles. The second kappa shape index (κ2) is 9.86. The average Bonchev–Trinajstić information content (AvgIpc) is 3.83. The van der Waals surface area contributed by atoms with Crippen molar-refractivity contribution in [3.63, 3.8) is 0 Å². The number of aromatic nitrogens is 6. The molecule has 0 amide bonds. The molecule has 0 saturated carbocycles. The van der Waals surface area contributed by atoms with Gasteiger partial charge in [0.1, 0.15) is 5.65 Å². The Kier molecular flexibility index (Phi) is 5.29. The number of pyridine rings is 1. The lowest BCUT2D eigenvalue weighted by Crippen LogP contribution is -2.06. The zero-order chi connectivity index (χ0) is 32.1. The second-order valence-corrected chi connectivity index (χ2v) is 12.5. The summed E-state index contributed by atoms with van der Waals surface area (Å²) >= 11 is 0. The minimum Gasteiger partial charge on any atom is -0.306 e. The van der Waals surface area contributed by atoms with E-state index < -0.39 is 0 Å². The molecular formula is C43H26N6. The van der Waals surface area contributed by atoms with Crippen molar-refractivity contribution in [2.45, 2.75) is 0 Å². The molecule has 0 N–H and O–H groups in total. The van der Waals surface area contributed by atoms with Crippen LogP contribution in [0.3, 0.4) is 0 Å². The number of imidazole rings is 1. The van der Waals surface area contributed by atoms with Crippen molar-refractivity contribution in [3.8, 4) is 22.9 Å². The molecule has 0 aliphatic heterocycles. The van der Waals surface area contributed by atoms with Crippen molar-refractivity contribution in [3.05, 3.63) is 158 Å². The maximum absolute atomic E-state index is 5.39. The lowest BCUT2D eigenvalue weighted by atomic mass is 10.1. The van der Waals surface area contributed by atoms with Gasteiger partial charge in [0.05, 0.1) is 38.8 Å². The first kappa shape index (κ1) is 26.3. The van der Waals surface area contributed by atoms with Gasteiger partial charge >= 0.3 is 0 Å². The molecule has 6 heteroatoms. The second-order valence-electron chi connectivity index (χ2n) is 12.5. The highest BCUT2D eigenvalue weighted by Crippen LogP contribution is 2.45. The summed E-state index contributed by atoms with van der Waals surface area (Å²) in [6, 6.07) is 55.0. The van der Waals surface area contributed by atoms with Gasteiger partial charge in [-0.25, -0.2) is 15.0 Å². The van der Waals surface area contributed by atoms with Crippen molar-refractivity contribution in [2.75, 3.05) is 0 Å². The van der Waals surface area contributed by atoms with Gasteiger partial charge in [0, 0.05) is 38.2 Å². The molecule has 0 bridgehead atoms. The Balaban J connectivity index is 1.43. The van der Waals surface area contributed by atoms with Crippen LogP contribution in [0, 0.1) is 0 Å². The van der Waals surface area contributed by atoms with E-state index in [4.69, 9.17) is 15.0 Å². The van der Waals surface area contributed by atoms with E-state index in [9.17, 15) is 0 Å². The normalized spacial score (nSPS) is 12.1. The van der Waals surface area contributed by atoms with Crippen molar-refractivity contribution in [1.29, 1.82) is 0 Å². The van der Waals surface area contributed by atoms with Crippen LogP contribution in [0.25, 0.3) is 94.2 Å². The lowest BCUT2D eigenvalue weighted by Gasteiger charge is -2.13. The number of para-hydroxylation sites is 6. The van der Waals surface area contributed by atoms with Crippen LogP contribution in [0.15, 0.2) is 158 Å². The predicted molar refractivity (Wildman–Crippen MR) is 200 cm³/mol. The van der Waals surface area contributed by atoms with Crippen LogP contribution in [0.4, 0.5) is 0 Å². The van der Waals surface area contributed by atoms with Gasteiger partial charge in [0.2, 0.25) is 5.95 Å². The fourth-order valence-corrected chi connectivity index (χ4v) is 7.82.